The molecule has 144 valence electrons. The Morgan fingerprint density at radius 1 is 1.33 bits per heavy atom. The van der Waals surface area contributed by atoms with E-state index >= 15 is 0 Å². The SMILES string of the molecule is COC(=O)c1c(C(S)C2=NOC(C)(C)C2)nnn1Cc1ccc(OC)cc1. The quantitative estimate of drug-likeness (QED) is 0.603. The molecule has 2 aromatic rings. The van der Waals surface area contributed by atoms with Crippen molar-refractivity contribution < 1.29 is 19.1 Å². The molecule has 0 spiro atoms. The summed E-state index contributed by atoms with van der Waals surface area (Å²) in [6.45, 7) is 4.23. The van der Waals surface area contributed by atoms with Crippen molar-refractivity contribution in [1.29, 1.82) is 0 Å². The number of carbonyl (C=O) groups is 1. The van der Waals surface area contributed by atoms with Gasteiger partial charge in [0, 0.05) is 6.42 Å². The van der Waals surface area contributed by atoms with Crippen LogP contribution in [0.15, 0.2) is 29.4 Å². The predicted molar refractivity (Wildman–Crippen MR) is 102 cm³/mol. The lowest BCUT2D eigenvalue weighted by atomic mass is 9.99. The Labute approximate surface area is 162 Å². The summed E-state index contributed by atoms with van der Waals surface area (Å²) in [5.74, 6) is 0.227. The monoisotopic (exact) mass is 390 g/mol. The van der Waals surface area contributed by atoms with E-state index in [1.165, 1.54) is 11.8 Å². The van der Waals surface area contributed by atoms with Crippen LogP contribution in [-0.4, -0.2) is 46.5 Å². The minimum atomic E-state index is -0.527. The van der Waals surface area contributed by atoms with E-state index in [9.17, 15) is 4.79 Å². The highest BCUT2D eigenvalue weighted by Crippen LogP contribution is 2.33. The second-order valence-corrected chi connectivity index (χ2v) is 7.35. The van der Waals surface area contributed by atoms with Crippen LogP contribution in [0.3, 0.4) is 0 Å². The molecule has 0 amide bonds. The molecule has 27 heavy (non-hydrogen) atoms. The van der Waals surface area contributed by atoms with Crippen LogP contribution < -0.4 is 4.74 Å². The molecule has 3 rings (SSSR count). The summed E-state index contributed by atoms with van der Waals surface area (Å²) in [5, 5.41) is 11.9. The molecule has 1 unspecified atom stereocenters. The number of benzene rings is 1. The average Bonchev–Trinajstić information content (AvgIpc) is 3.24. The van der Waals surface area contributed by atoms with Crippen molar-refractivity contribution in [2.75, 3.05) is 14.2 Å². The normalized spacial score (nSPS) is 16.4. The number of oxime groups is 1. The van der Waals surface area contributed by atoms with E-state index in [1.54, 1.807) is 7.11 Å². The Kier molecular flexibility index (Phi) is 5.41. The molecule has 1 atom stereocenters. The molecule has 0 radical (unpaired) electrons. The van der Waals surface area contributed by atoms with Crippen molar-refractivity contribution in [1.82, 2.24) is 15.0 Å². The Hall–Kier alpha value is -2.55. The molecule has 0 N–H and O–H groups in total. The molecule has 0 saturated carbocycles. The number of nitrogens with zero attached hydrogens (tertiary/aromatic N) is 4. The van der Waals surface area contributed by atoms with Gasteiger partial charge in [-0.3, -0.25) is 0 Å². The van der Waals surface area contributed by atoms with Crippen molar-refractivity contribution >= 4 is 24.3 Å². The van der Waals surface area contributed by atoms with Gasteiger partial charge in [0.25, 0.3) is 0 Å². The number of hydrogen-bond donors (Lipinski definition) is 1. The van der Waals surface area contributed by atoms with Crippen molar-refractivity contribution in [3.63, 3.8) is 0 Å². The highest BCUT2D eigenvalue weighted by atomic mass is 32.1. The maximum absolute atomic E-state index is 12.4. The first kappa shape index (κ1) is 19.2. The maximum atomic E-state index is 12.4. The van der Waals surface area contributed by atoms with Crippen LogP contribution >= 0.6 is 12.6 Å². The Bertz CT molecular complexity index is 861. The van der Waals surface area contributed by atoms with Crippen molar-refractivity contribution in [3.05, 3.63) is 41.2 Å². The van der Waals surface area contributed by atoms with Gasteiger partial charge >= 0.3 is 5.97 Å². The zero-order valence-corrected chi connectivity index (χ0v) is 16.6. The van der Waals surface area contributed by atoms with E-state index in [0.29, 0.717) is 24.4 Å². The molecule has 1 aromatic heterocycles. The zero-order valence-electron chi connectivity index (χ0n) is 15.7. The minimum Gasteiger partial charge on any atom is -0.497 e. The zero-order chi connectivity index (χ0) is 19.6. The van der Waals surface area contributed by atoms with Crippen LogP contribution in [0.2, 0.25) is 0 Å². The maximum Gasteiger partial charge on any atom is 0.358 e. The molecule has 0 fully saturated rings. The van der Waals surface area contributed by atoms with Gasteiger partial charge in [0.1, 0.15) is 17.0 Å². The largest absolute Gasteiger partial charge is 0.497 e. The molecular weight excluding hydrogens is 368 g/mol. The highest BCUT2D eigenvalue weighted by molar-refractivity contribution is 7.81. The summed E-state index contributed by atoms with van der Waals surface area (Å²) in [6.07, 6.45) is 0.590. The lowest BCUT2D eigenvalue weighted by Crippen LogP contribution is -2.21. The first-order chi connectivity index (χ1) is 12.8. The number of hydrogen-bond acceptors (Lipinski definition) is 8. The number of aromatic nitrogens is 3. The molecule has 1 aliphatic heterocycles. The van der Waals surface area contributed by atoms with Gasteiger partial charge in [-0.2, -0.15) is 12.6 Å². The van der Waals surface area contributed by atoms with Gasteiger partial charge in [-0.15, -0.1) is 5.10 Å². The molecule has 1 aromatic carbocycles. The van der Waals surface area contributed by atoms with Crippen LogP contribution in [0.5, 0.6) is 5.75 Å². The lowest BCUT2D eigenvalue weighted by Gasteiger charge is -2.14. The van der Waals surface area contributed by atoms with E-state index in [4.69, 9.17) is 14.3 Å². The van der Waals surface area contributed by atoms with Gasteiger partial charge in [-0.25, -0.2) is 9.48 Å². The van der Waals surface area contributed by atoms with Gasteiger partial charge < -0.3 is 14.3 Å². The number of carbonyl (C=O) groups excluding carboxylic acids is 1. The first-order valence-electron chi connectivity index (χ1n) is 8.42. The summed E-state index contributed by atoms with van der Waals surface area (Å²) >= 11 is 4.61. The second-order valence-electron chi connectivity index (χ2n) is 6.83. The number of esters is 1. The van der Waals surface area contributed by atoms with Crippen LogP contribution in [-0.2, 0) is 16.1 Å². The fourth-order valence-electron chi connectivity index (χ4n) is 2.82. The summed E-state index contributed by atoms with van der Waals surface area (Å²) in [5.41, 5.74) is 1.89. The number of methoxy groups -OCH3 is 2. The average molecular weight is 390 g/mol. The molecule has 1 aliphatic rings. The molecule has 2 heterocycles. The van der Waals surface area contributed by atoms with E-state index in [1.807, 2.05) is 38.1 Å². The second kappa shape index (κ2) is 7.59. The van der Waals surface area contributed by atoms with Crippen LogP contribution in [0, 0.1) is 0 Å². The third kappa shape index (κ3) is 4.08. The number of ether oxygens (including phenoxy) is 2. The Morgan fingerprint density at radius 3 is 2.59 bits per heavy atom. The van der Waals surface area contributed by atoms with Crippen LogP contribution in [0.1, 0.15) is 47.3 Å². The van der Waals surface area contributed by atoms with Crippen LogP contribution in [0.25, 0.3) is 0 Å². The fraction of sp³-hybridized carbons (Fsp3) is 0.444. The highest BCUT2D eigenvalue weighted by Gasteiger charge is 2.36. The molecule has 0 bridgehead atoms. The number of thiol groups is 1. The molecule has 8 nitrogen and oxygen atoms in total. The van der Waals surface area contributed by atoms with E-state index in [2.05, 4.69) is 28.1 Å². The summed E-state index contributed by atoms with van der Waals surface area (Å²) in [7, 11) is 2.93. The van der Waals surface area contributed by atoms with Gasteiger partial charge in [-0.1, -0.05) is 22.5 Å². The van der Waals surface area contributed by atoms with E-state index < -0.39 is 16.8 Å². The molecular formula is C18H22N4O4S. The Balaban J connectivity index is 1.90. The third-order valence-corrected chi connectivity index (χ3v) is 4.77. The summed E-state index contributed by atoms with van der Waals surface area (Å²) in [4.78, 5) is 17.8. The summed E-state index contributed by atoms with van der Waals surface area (Å²) in [6, 6.07) is 7.49. The van der Waals surface area contributed by atoms with Crippen LogP contribution in [0.4, 0.5) is 0 Å². The smallest absolute Gasteiger partial charge is 0.358 e. The lowest BCUT2D eigenvalue weighted by molar-refractivity contribution is 0.0123. The van der Waals surface area contributed by atoms with Gasteiger partial charge in [0.15, 0.2) is 5.69 Å². The predicted octanol–water partition coefficient (Wildman–Crippen LogP) is 2.65. The fourth-order valence-corrected chi connectivity index (χ4v) is 3.13. The minimum absolute atomic E-state index is 0.251. The van der Waals surface area contributed by atoms with Gasteiger partial charge in [-0.05, 0) is 31.5 Å². The van der Waals surface area contributed by atoms with E-state index in [-0.39, 0.29) is 5.69 Å². The van der Waals surface area contributed by atoms with Gasteiger partial charge in [0.2, 0.25) is 0 Å². The topological polar surface area (TPSA) is 87.8 Å². The summed E-state index contributed by atoms with van der Waals surface area (Å²) < 4.78 is 11.6. The van der Waals surface area contributed by atoms with Gasteiger partial charge in [0.05, 0.1) is 31.7 Å². The molecule has 0 saturated heterocycles. The van der Waals surface area contributed by atoms with E-state index in [0.717, 1.165) is 11.3 Å². The molecule has 0 aliphatic carbocycles. The first-order valence-corrected chi connectivity index (χ1v) is 8.94. The Morgan fingerprint density at radius 2 is 2.04 bits per heavy atom. The van der Waals surface area contributed by atoms with Crippen molar-refractivity contribution in [2.24, 2.45) is 5.16 Å². The molecule has 9 heteroatoms. The van der Waals surface area contributed by atoms with Crippen molar-refractivity contribution in [2.45, 2.75) is 37.7 Å². The third-order valence-electron chi connectivity index (χ3n) is 4.22. The number of rotatable bonds is 6. The van der Waals surface area contributed by atoms with Crippen molar-refractivity contribution in [3.8, 4) is 5.75 Å². The standard InChI is InChI=1S/C18H22N4O4S/c1-18(2)9-13(20-26-18)16(27)14-15(17(23)25-4)22(21-19-14)10-11-5-7-12(24-3)8-6-11/h5-8,16,27H,9-10H2,1-4H3.